The molecule has 0 spiro atoms. The maximum absolute atomic E-state index is 16.1. The molecule has 39 heavy (non-hydrogen) atoms. The molecule has 9 nitrogen and oxygen atoms in total. The van der Waals surface area contributed by atoms with Crippen molar-refractivity contribution in [3.63, 3.8) is 0 Å². The number of aromatic nitrogens is 2. The number of epoxide rings is 1. The highest BCUT2D eigenvalue weighted by Gasteiger charge is 2.70. The second kappa shape index (κ2) is 8.69. The van der Waals surface area contributed by atoms with E-state index in [1.165, 1.54) is 16.7 Å². The lowest BCUT2D eigenvalue weighted by Crippen LogP contribution is -2.49. The number of benzene rings is 2. The number of nitrogens with one attached hydrogen (secondary N) is 1. The number of piperidine rings is 1. The second-order valence-corrected chi connectivity index (χ2v) is 10.6. The van der Waals surface area contributed by atoms with Gasteiger partial charge in [-0.2, -0.15) is 0 Å². The van der Waals surface area contributed by atoms with Crippen LogP contribution in [0.2, 0.25) is 0 Å². The monoisotopic (exact) mass is 527 g/mol. The molecule has 2 unspecified atom stereocenters. The molecule has 3 amide bonds. The Kier molecular flexibility index (Phi) is 5.33. The Morgan fingerprint density at radius 1 is 1.10 bits per heavy atom. The molecular formula is C29H26FN5O4. The predicted molar refractivity (Wildman–Crippen MR) is 140 cm³/mol. The maximum atomic E-state index is 16.1. The van der Waals surface area contributed by atoms with Crippen molar-refractivity contribution in [3.8, 4) is 11.5 Å². The molecule has 1 N–H and O–H groups in total. The number of carbonyl (C=O) groups excluding carboxylic acids is 2. The smallest absolute Gasteiger partial charge is 0.328 e. The number of pyridine rings is 1. The van der Waals surface area contributed by atoms with E-state index >= 15 is 4.39 Å². The van der Waals surface area contributed by atoms with Crippen molar-refractivity contribution in [1.29, 1.82) is 0 Å². The number of nitrogens with zero attached hydrogens (tertiary/aromatic N) is 4. The van der Waals surface area contributed by atoms with E-state index < -0.39 is 17.2 Å². The molecule has 3 aliphatic heterocycles. The summed E-state index contributed by atoms with van der Waals surface area (Å²) in [5, 5.41) is 2.63. The molecule has 10 heteroatoms. The second-order valence-electron chi connectivity index (χ2n) is 10.6. The number of anilines is 1. The topological polar surface area (TPSA) is 104 Å². The van der Waals surface area contributed by atoms with Crippen molar-refractivity contribution in [2.45, 2.75) is 37.5 Å². The van der Waals surface area contributed by atoms with Gasteiger partial charge in [-0.1, -0.05) is 18.2 Å². The molecule has 5 heterocycles. The van der Waals surface area contributed by atoms with Crippen LogP contribution in [-0.2, 0) is 21.7 Å². The van der Waals surface area contributed by atoms with Crippen molar-refractivity contribution in [2.75, 3.05) is 24.5 Å². The number of amides is 3. The zero-order valence-electron chi connectivity index (χ0n) is 21.3. The lowest BCUT2D eigenvalue weighted by Gasteiger charge is -2.33. The lowest BCUT2D eigenvalue weighted by molar-refractivity contribution is -0.120. The highest BCUT2D eigenvalue weighted by atomic mass is 19.1. The molecule has 0 aliphatic carbocycles. The summed E-state index contributed by atoms with van der Waals surface area (Å²) in [7, 11) is 0. The van der Waals surface area contributed by atoms with Gasteiger partial charge < -0.3 is 9.15 Å². The van der Waals surface area contributed by atoms with Crippen LogP contribution < -0.4 is 10.2 Å². The number of urea groups is 1. The number of carbonyl (C=O) groups is 2. The number of rotatable bonds is 5. The van der Waals surface area contributed by atoms with Gasteiger partial charge in [0.1, 0.15) is 23.3 Å². The molecule has 3 aliphatic rings. The molecule has 3 saturated heterocycles. The average molecular weight is 528 g/mol. The van der Waals surface area contributed by atoms with Gasteiger partial charge in [0.05, 0.1) is 23.6 Å². The summed E-state index contributed by atoms with van der Waals surface area (Å²) in [6.45, 7) is 4.46. The van der Waals surface area contributed by atoms with Gasteiger partial charge in [0.2, 0.25) is 11.8 Å². The highest BCUT2D eigenvalue weighted by molar-refractivity contribution is 6.06. The molecule has 0 bridgehead atoms. The zero-order valence-corrected chi connectivity index (χ0v) is 21.3. The molecule has 0 saturated carbocycles. The van der Waals surface area contributed by atoms with E-state index in [0.29, 0.717) is 41.0 Å². The Bertz CT molecular complexity index is 1610. The Morgan fingerprint density at radius 2 is 1.95 bits per heavy atom. The predicted octanol–water partition coefficient (Wildman–Crippen LogP) is 4.37. The Balaban J connectivity index is 1.11. The average Bonchev–Trinajstić information content (AvgIpc) is 3.24. The van der Waals surface area contributed by atoms with Gasteiger partial charge in [0, 0.05) is 49.1 Å². The minimum absolute atomic E-state index is 0.184. The number of hydrogen-bond acceptors (Lipinski definition) is 7. The number of oxazole rings is 1. The molecule has 2 atom stereocenters. The summed E-state index contributed by atoms with van der Waals surface area (Å²) in [6, 6.07) is 12.8. The van der Waals surface area contributed by atoms with Crippen LogP contribution in [-0.4, -0.2) is 52.0 Å². The highest BCUT2D eigenvalue weighted by Crippen LogP contribution is 2.61. The van der Waals surface area contributed by atoms with E-state index in [9.17, 15) is 9.59 Å². The molecule has 4 aromatic rings. The van der Waals surface area contributed by atoms with Crippen LogP contribution in [0.15, 0.2) is 65.5 Å². The normalized spacial score (nSPS) is 25.0. The van der Waals surface area contributed by atoms with Gasteiger partial charge in [-0.25, -0.2) is 14.2 Å². The molecule has 3 fully saturated rings. The molecular weight excluding hydrogens is 501 g/mol. The van der Waals surface area contributed by atoms with Gasteiger partial charge in [-0.05, 0) is 43.2 Å². The van der Waals surface area contributed by atoms with Crippen molar-refractivity contribution in [3.05, 3.63) is 78.1 Å². The van der Waals surface area contributed by atoms with E-state index in [-0.39, 0.29) is 24.7 Å². The molecule has 2 aromatic heterocycles. The van der Waals surface area contributed by atoms with E-state index in [4.69, 9.17) is 9.15 Å². The van der Waals surface area contributed by atoms with Gasteiger partial charge >= 0.3 is 6.03 Å². The number of halogens is 1. The van der Waals surface area contributed by atoms with Crippen LogP contribution in [0.5, 0.6) is 0 Å². The van der Waals surface area contributed by atoms with Crippen molar-refractivity contribution >= 4 is 28.5 Å². The van der Waals surface area contributed by atoms with Gasteiger partial charge in [0.15, 0.2) is 0 Å². The standard InChI is InChI=1S/C29H26FN5O4/c1-28-17-34(16-18-2-4-19(5-3-18)26-31-10-13-38-26)12-9-29(28,39-28)22-6-7-23-21(25(22)30)14-20(15-32-23)35-11-8-24(36)33-27(35)37/h2-7,10,13-15H,8-9,11-12,16-17H2,1H3,(H,33,36,37). The van der Waals surface area contributed by atoms with Crippen LogP contribution in [0.4, 0.5) is 14.9 Å². The first kappa shape index (κ1) is 23.9. The third-order valence-electron chi connectivity index (χ3n) is 8.14. The van der Waals surface area contributed by atoms with Gasteiger partial charge in [-0.3, -0.25) is 24.9 Å². The fraction of sp³-hybridized carbons (Fsp3) is 0.310. The summed E-state index contributed by atoms with van der Waals surface area (Å²) in [4.78, 5) is 36.2. The molecule has 7 rings (SSSR count). The largest absolute Gasteiger partial charge is 0.445 e. The van der Waals surface area contributed by atoms with Crippen molar-refractivity contribution < 1.29 is 23.1 Å². The fourth-order valence-electron chi connectivity index (χ4n) is 6.07. The summed E-state index contributed by atoms with van der Waals surface area (Å²) in [5.41, 5.74) is 2.34. The molecule has 0 radical (unpaired) electrons. The molecule has 198 valence electrons. The number of likely N-dealkylation sites (tertiary alicyclic amines) is 1. The van der Waals surface area contributed by atoms with E-state index in [2.05, 4.69) is 32.3 Å². The fourth-order valence-corrected chi connectivity index (χ4v) is 6.07. The van der Waals surface area contributed by atoms with Crippen LogP contribution in [0, 0.1) is 5.82 Å². The summed E-state index contributed by atoms with van der Waals surface area (Å²) in [6.07, 6.45) is 5.56. The third-order valence-corrected chi connectivity index (χ3v) is 8.14. The minimum atomic E-state index is -0.707. The van der Waals surface area contributed by atoms with Gasteiger partial charge in [-0.15, -0.1) is 0 Å². The quantitative estimate of drug-likeness (QED) is 0.385. The van der Waals surface area contributed by atoms with E-state index in [0.717, 1.165) is 18.7 Å². The third kappa shape index (κ3) is 3.90. The van der Waals surface area contributed by atoms with E-state index in [1.807, 2.05) is 19.1 Å². The number of hydrogen-bond donors (Lipinski definition) is 1. The number of ether oxygens (including phenoxy) is 1. The van der Waals surface area contributed by atoms with Crippen molar-refractivity contribution in [1.82, 2.24) is 20.2 Å². The van der Waals surface area contributed by atoms with Crippen molar-refractivity contribution in [2.24, 2.45) is 0 Å². The van der Waals surface area contributed by atoms with Crippen LogP contribution >= 0.6 is 0 Å². The van der Waals surface area contributed by atoms with E-state index in [1.54, 1.807) is 30.7 Å². The van der Waals surface area contributed by atoms with Gasteiger partial charge in [0.25, 0.3) is 0 Å². The first-order chi connectivity index (χ1) is 18.8. The summed E-state index contributed by atoms with van der Waals surface area (Å²) in [5.74, 6) is -0.107. The Hall–Kier alpha value is -4.15. The SMILES string of the molecule is CC12CN(Cc3ccc(-c4ncco4)cc3)CCC1(c1ccc3ncc(N4CCC(=O)NC4=O)cc3c1F)O2. The summed E-state index contributed by atoms with van der Waals surface area (Å²) >= 11 is 0. The summed E-state index contributed by atoms with van der Waals surface area (Å²) < 4.78 is 27.8. The minimum Gasteiger partial charge on any atom is -0.445 e. The Morgan fingerprint density at radius 3 is 2.69 bits per heavy atom. The lowest BCUT2D eigenvalue weighted by atomic mass is 9.80. The number of imide groups is 1. The molecule has 2 aromatic carbocycles. The van der Waals surface area contributed by atoms with Crippen LogP contribution in [0.1, 0.15) is 30.9 Å². The van der Waals surface area contributed by atoms with Crippen LogP contribution in [0.25, 0.3) is 22.4 Å². The zero-order chi connectivity index (χ0) is 26.8. The maximum Gasteiger partial charge on any atom is 0.328 e. The number of fused-ring (bicyclic) bond motifs is 2. The van der Waals surface area contributed by atoms with Crippen LogP contribution in [0.3, 0.4) is 0 Å². The first-order valence-electron chi connectivity index (χ1n) is 13.0. The Labute approximate surface area is 223 Å². The first-order valence-corrected chi connectivity index (χ1v) is 13.0.